The first-order valence-electron chi connectivity index (χ1n) is 6.78. The summed E-state index contributed by atoms with van der Waals surface area (Å²) in [4.78, 5) is 24.4. The molecule has 102 valence electrons. The maximum Gasteiger partial charge on any atom is 0.157 e. The molecule has 2 aliphatic heterocycles. The molecule has 3 rings (SSSR count). The quantitative estimate of drug-likeness (QED) is 0.748. The van der Waals surface area contributed by atoms with Gasteiger partial charge in [-0.3, -0.25) is 4.79 Å². The first-order valence-corrected chi connectivity index (χ1v) is 6.78. The van der Waals surface area contributed by atoms with Crippen molar-refractivity contribution in [1.82, 2.24) is 9.97 Å². The smallest absolute Gasteiger partial charge is 0.157 e. The Labute approximate surface area is 112 Å². The summed E-state index contributed by atoms with van der Waals surface area (Å²) in [7, 11) is 0. The van der Waals surface area contributed by atoms with Gasteiger partial charge in [0, 0.05) is 26.2 Å². The van der Waals surface area contributed by atoms with Crippen LogP contribution in [-0.2, 0) is 4.74 Å². The SMILES string of the molecule is O=Cc1c(N2CCCC2)ncnc1N1CCOCC1. The second-order valence-electron chi connectivity index (χ2n) is 4.85. The number of carbonyl (C=O) groups excluding carboxylic acids is 1. The number of carbonyl (C=O) groups is 1. The Morgan fingerprint density at radius 3 is 2.16 bits per heavy atom. The fourth-order valence-corrected chi connectivity index (χ4v) is 2.69. The van der Waals surface area contributed by atoms with Crippen molar-refractivity contribution in [3.05, 3.63) is 11.9 Å². The highest BCUT2D eigenvalue weighted by atomic mass is 16.5. The number of ether oxygens (including phenoxy) is 1. The van der Waals surface area contributed by atoms with Gasteiger partial charge in [-0.15, -0.1) is 0 Å². The summed E-state index contributed by atoms with van der Waals surface area (Å²) in [6, 6.07) is 0. The summed E-state index contributed by atoms with van der Waals surface area (Å²) in [6.45, 7) is 4.86. The third-order valence-electron chi connectivity index (χ3n) is 3.68. The lowest BCUT2D eigenvalue weighted by atomic mass is 10.2. The lowest BCUT2D eigenvalue weighted by Crippen LogP contribution is -2.38. The Bertz CT molecular complexity index is 454. The molecule has 0 amide bonds. The van der Waals surface area contributed by atoms with Crippen molar-refractivity contribution in [2.45, 2.75) is 12.8 Å². The fraction of sp³-hybridized carbons (Fsp3) is 0.615. The predicted molar refractivity (Wildman–Crippen MR) is 71.9 cm³/mol. The number of anilines is 2. The van der Waals surface area contributed by atoms with Gasteiger partial charge >= 0.3 is 0 Å². The van der Waals surface area contributed by atoms with E-state index in [0.717, 1.165) is 56.9 Å². The molecule has 2 fully saturated rings. The van der Waals surface area contributed by atoms with E-state index in [1.807, 2.05) is 0 Å². The second-order valence-corrected chi connectivity index (χ2v) is 4.85. The molecule has 19 heavy (non-hydrogen) atoms. The van der Waals surface area contributed by atoms with Crippen molar-refractivity contribution in [2.24, 2.45) is 0 Å². The number of morpholine rings is 1. The molecule has 1 aromatic heterocycles. The minimum atomic E-state index is 0.617. The van der Waals surface area contributed by atoms with Crippen LogP contribution in [0.5, 0.6) is 0 Å². The Morgan fingerprint density at radius 1 is 1.00 bits per heavy atom. The van der Waals surface area contributed by atoms with E-state index < -0.39 is 0 Å². The highest BCUT2D eigenvalue weighted by Gasteiger charge is 2.23. The molecular weight excluding hydrogens is 244 g/mol. The lowest BCUT2D eigenvalue weighted by molar-refractivity contribution is 0.111. The number of hydrogen-bond acceptors (Lipinski definition) is 6. The van der Waals surface area contributed by atoms with Crippen molar-refractivity contribution < 1.29 is 9.53 Å². The molecule has 0 atom stereocenters. The van der Waals surface area contributed by atoms with Crippen LogP contribution < -0.4 is 9.80 Å². The molecule has 6 nitrogen and oxygen atoms in total. The van der Waals surface area contributed by atoms with Crippen LogP contribution in [0.15, 0.2) is 6.33 Å². The number of nitrogens with zero attached hydrogens (tertiary/aromatic N) is 4. The first-order chi connectivity index (χ1) is 9.40. The number of aromatic nitrogens is 2. The summed E-state index contributed by atoms with van der Waals surface area (Å²) in [5, 5.41) is 0. The molecule has 6 heteroatoms. The standard InChI is InChI=1S/C13H18N4O2/c18-9-11-12(16-3-1-2-4-16)14-10-15-13(11)17-5-7-19-8-6-17/h9-10H,1-8H2. The lowest BCUT2D eigenvalue weighted by Gasteiger charge is -2.29. The van der Waals surface area contributed by atoms with E-state index in [9.17, 15) is 4.79 Å². The molecule has 0 N–H and O–H groups in total. The van der Waals surface area contributed by atoms with E-state index >= 15 is 0 Å². The van der Waals surface area contributed by atoms with Crippen LogP contribution in [0.1, 0.15) is 23.2 Å². The zero-order valence-corrected chi connectivity index (χ0v) is 10.9. The van der Waals surface area contributed by atoms with Gasteiger partial charge in [-0.2, -0.15) is 0 Å². The molecular formula is C13H18N4O2. The molecule has 0 unspecified atom stereocenters. The zero-order valence-electron chi connectivity index (χ0n) is 10.9. The summed E-state index contributed by atoms with van der Waals surface area (Å²) in [5.74, 6) is 1.53. The highest BCUT2D eigenvalue weighted by Crippen LogP contribution is 2.27. The number of aldehydes is 1. The molecule has 2 aliphatic rings. The van der Waals surface area contributed by atoms with E-state index in [1.54, 1.807) is 6.33 Å². The molecule has 3 heterocycles. The van der Waals surface area contributed by atoms with Crippen LogP contribution in [0, 0.1) is 0 Å². The topological polar surface area (TPSA) is 58.6 Å². The van der Waals surface area contributed by atoms with Gasteiger partial charge in [0.05, 0.1) is 18.8 Å². The van der Waals surface area contributed by atoms with Gasteiger partial charge in [0.1, 0.15) is 18.0 Å². The minimum absolute atomic E-state index is 0.617. The van der Waals surface area contributed by atoms with Crippen molar-refractivity contribution >= 4 is 17.9 Å². The van der Waals surface area contributed by atoms with Crippen LogP contribution in [0.3, 0.4) is 0 Å². The molecule has 0 bridgehead atoms. The van der Waals surface area contributed by atoms with Gasteiger partial charge < -0.3 is 14.5 Å². The van der Waals surface area contributed by atoms with Crippen LogP contribution in [0.25, 0.3) is 0 Å². The largest absolute Gasteiger partial charge is 0.378 e. The van der Waals surface area contributed by atoms with E-state index in [4.69, 9.17) is 4.74 Å². The normalized spacial score (nSPS) is 19.8. The van der Waals surface area contributed by atoms with Crippen molar-refractivity contribution in [1.29, 1.82) is 0 Å². The van der Waals surface area contributed by atoms with E-state index in [2.05, 4.69) is 19.8 Å². The maximum atomic E-state index is 11.5. The van der Waals surface area contributed by atoms with E-state index in [-0.39, 0.29) is 0 Å². The van der Waals surface area contributed by atoms with Crippen LogP contribution >= 0.6 is 0 Å². The van der Waals surface area contributed by atoms with Gasteiger partial charge in [-0.25, -0.2) is 9.97 Å². The van der Waals surface area contributed by atoms with Crippen LogP contribution in [0.2, 0.25) is 0 Å². The van der Waals surface area contributed by atoms with Crippen molar-refractivity contribution in [3.8, 4) is 0 Å². The molecule has 1 aromatic rings. The Hall–Kier alpha value is -1.69. The molecule has 0 saturated carbocycles. The minimum Gasteiger partial charge on any atom is -0.378 e. The summed E-state index contributed by atoms with van der Waals surface area (Å²) < 4.78 is 5.34. The number of hydrogen-bond donors (Lipinski definition) is 0. The van der Waals surface area contributed by atoms with E-state index in [0.29, 0.717) is 18.8 Å². The predicted octanol–water partition coefficient (Wildman–Crippen LogP) is 0.726. The van der Waals surface area contributed by atoms with E-state index in [1.165, 1.54) is 0 Å². The maximum absolute atomic E-state index is 11.5. The summed E-state index contributed by atoms with van der Waals surface area (Å²) >= 11 is 0. The fourth-order valence-electron chi connectivity index (χ4n) is 2.69. The third-order valence-corrected chi connectivity index (χ3v) is 3.68. The van der Waals surface area contributed by atoms with Crippen LogP contribution in [-0.4, -0.2) is 55.6 Å². The Balaban J connectivity index is 1.94. The molecule has 0 spiro atoms. The van der Waals surface area contributed by atoms with Gasteiger partial charge in [-0.05, 0) is 12.8 Å². The summed E-state index contributed by atoms with van der Waals surface area (Å²) in [5.41, 5.74) is 0.617. The van der Waals surface area contributed by atoms with Crippen molar-refractivity contribution in [2.75, 3.05) is 49.2 Å². The summed E-state index contributed by atoms with van der Waals surface area (Å²) in [6.07, 6.45) is 4.77. The van der Waals surface area contributed by atoms with Crippen LogP contribution in [0.4, 0.5) is 11.6 Å². The van der Waals surface area contributed by atoms with Gasteiger partial charge in [0.25, 0.3) is 0 Å². The van der Waals surface area contributed by atoms with Gasteiger partial charge in [-0.1, -0.05) is 0 Å². The average Bonchev–Trinajstić information content (AvgIpc) is 3.01. The van der Waals surface area contributed by atoms with Crippen molar-refractivity contribution in [3.63, 3.8) is 0 Å². The Morgan fingerprint density at radius 2 is 1.58 bits per heavy atom. The molecule has 0 aromatic carbocycles. The molecule has 0 radical (unpaired) electrons. The average molecular weight is 262 g/mol. The molecule has 2 saturated heterocycles. The third kappa shape index (κ3) is 2.40. The number of rotatable bonds is 3. The first kappa shape index (κ1) is 12.3. The monoisotopic (exact) mass is 262 g/mol. The van der Waals surface area contributed by atoms with Gasteiger partial charge in [0.2, 0.25) is 0 Å². The molecule has 0 aliphatic carbocycles. The highest BCUT2D eigenvalue weighted by molar-refractivity contribution is 5.90. The van der Waals surface area contributed by atoms with Gasteiger partial charge in [0.15, 0.2) is 6.29 Å². The zero-order chi connectivity index (χ0) is 13.1. The second kappa shape index (κ2) is 5.52. The Kier molecular flexibility index (Phi) is 3.59.